The maximum absolute atomic E-state index is 12.3. The monoisotopic (exact) mass is 370 g/mol. The molecule has 0 aliphatic heterocycles. The van der Waals surface area contributed by atoms with E-state index >= 15 is 0 Å². The fourth-order valence-corrected chi connectivity index (χ4v) is 2.35. The van der Waals surface area contributed by atoms with Gasteiger partial charge in [-0.25, -0.2) is 4.79 Å². The van der Waals surface area contributed by atoms with Crippen LogP contribution in [0.1, 0.15) is 22.8 Å². The van der Waals surface area contributed by atoms with Gasteiger partial charge < -0.3 is 18.9 Å². The van der Waals surface area contributed by atoms with E-state index in [1.165, 1.54) is 20.3 Å². The van der Waals surface area contributed by atoms with Crippen LogP contribution in [0.15, 0.2) is 48.5 Å². The summed E-state index contributed by atoms with van der Waals surface area (Å²) in [6.07, 6.45) is 2.85. The van der Waals surface area contributed by atoms with Crippen molar-refractivity contribution in [3.8, 4) is 17.2 Å². The van der Waals surface area contributed by atoms with Crippen LogP contribution in [0, 0.1) is 0 Å². The minimum atomic E-state index is -0.623. The summed E-state index contributed by atoms with van der Waals surface area (Å²) in [7, 11) is 2.98. The highest BCUT2D eigenvalue weighted by atomic mass is 16.5. The smallest absolute Gasteiger partial charge is 0.331 e. The average molecular weight is 370 g/mol. The second kappa shape index (κ2) is 10.0. The Morgan fingerprint density at radius 2 is 1.78 bits per heavy atom. The molecular formula is C21H22O6. The fourth-order valence-electron chi connectivity index (χ4n) is 2.35. The third-order valence-electron chi connectivity index (χ3n) is 3.67. The molecule has 0 aliphatic rings. The molecule has 2 aromatic carbocycles. The molecule has 0 heterocycles. The Morgan fingerprint density at radius 1 is 1.00 bits per heavy atom. The van der Waals surface area contributed by atoms with Crippen LogP contribution in [-0.2, 0) is 9.53 Å². The summed E-state index contributed by atoms with van der Waals surface area (Å²) in [5.74, 6) is 0.601. The van der Waals surface area contributed by atoms with E-state index in [9.17, 15) is 9.59 Å². The van der Waals surface area contributed by atoms with Crippen molar-refractivity contribution >= 4 is 17.8 Å². The highest BCUT2D eigenvalue weighted by Gasteiger charge is 2.15. The molecule has 0 bridgehead atoms. The van der Waals surface area contributed by atoms with E-state index in [0.29, 0.717) is 29.4 Å². The quantitative estimate of drug-likeness (QED) is 0.382. The Hall–Kier alpha value is -3.28. The van der Waals surface area contributed by atoms with E-state index in [1.807, 2.05) is 31.2 Å². The van der Waals surface area contributed by atoms with Gasteiger partial charge in [-0.05, 0) is 31.2 Å². The van der Waals surface area contributed by atoms with E-state index < -0.39 is 5.97 Å². The topological polar surface area (TPSA) is 71.1 Å². The van der Waals surface area contributed by atoms with Crippen molar-refractivity contribution in [3.63, 3.8) is 0 Å². The van der Waals surface area contributed by atoms with E-state index in [4.69, 9.17) is 18.9 Å². The highest BCUT2D eigenvalue weighted by Crippen LogP contribution is 2.25. The van der Waals surface area contributed by atoms with Gasteiger partial charge in [0, 0.05) is 17.7 Å². The number of ketones is 1. The third-order valence-corrected chi connectivity index (χ3v) is 3.67. The molecule has 0 saturated heterocycles. The number of hydrogen-bond acceptors (Lipinski definition) is 6. The van der Waals surface area contributed by atoms with E-state index in [1.54, 1.807) is 24.3 Å². The maximum Gasteiger partial charge on any atom is 0.331 e. The van der Waals surface area contributed by atoms with Crippen molar-refractivity contribution in [2.24, 2.45) is 0 Å². The van der Waals surface area contributed by atoms with Gasteiger partial charge in [-0.1, -0.05) is 18.2 Å². The number of Topliss-reactive ketones (excluding diaryl/α,β-unsaturated/α-hetero) is 1. The molecule has 0 atom stereocenters. The SMILES string of the molecule is CCOc1ccccc1/C=C/C(=O)OCC(=O)c1ccc(OC)cc1OC. The van der Waals surface area contributed by atoms with Crippen molar-refractivity contribution in [1.29, 1.82) is 0 Å². The van der Waals surface area contributed by atoms with Gasteiger partial charge in [-0.15, -0.1) is 0 Å². The summed E-state index contributed by atoms with van der Waals surface area (Å²) in [6, 6.07) is 12.1. The minimum Gasteiger partial charge on any atom is -0.497 e. The van der Waals surface area contributed by atoms with Gasteiger partial charge in [-0.3, -0.25) is 4.79 Å². The molecule has 2 rings (SSSR count). The molecule has 0 fully saturated rings. The first kappa shape index (κ1) is 20.0. The summed E-state index contributed by atoms with van der Waals surface area (Å²) in [4.78, 5) is 24.2. The normalized spacial score (nSPS) is 10.5. The Labute approximate surface area is 158 Å². The second-order valence-corrected chi connectivity index (χ2v) is 5.40. The average Bonchev–Trinajstić information content (AvgIpc) is 2.71. The number of esters is 1. The van der Waals surface area contributed by atoms with Crippen molar-refractivity contribution < 1.29 is 28.5 Å². The zero-order valence-electron chi connectivity index (χ0n) is 15.6. The number of para-hydroxylation sites is 1. The summed E-state index contributed by atoms with van der Waals surface area (Å²) in [5.41, 5.74) is 1.07. The Balaban J connectivity index is 1.98. The Bertz CT molecular complexity index is 825. The van der Waals surface area contributed by atoms with Crippen LogP contribution in [0.3, 0.4) is 0 Å². The number of methoxy groups -OCH3 is 2. The first-order chi connectivity index (χ1) is 13.1. The lowest BCUT2D eigenvalue weighted by atomic mass is 10.1. The highest BCUT2D eigenvalue weighted by molar-refractivity contribution is 6.01. The summed E-state index contributed by atoms with van der Waals surface area (Å²) in [6.45, 7) is 2.01. The van der Waals surface area contributed by atoms with Crippen LogP contribution in [0.2, 0.25) is 0 Å². The van der Waals surface area contributed by atoms with Crippen LogP contribution in [0.4, 0.5) is 0 Å². The first-order valence-electron chi connectivity index (χ1n) is 8.41. The lowest BCUT2D eigenvalue weighted by molar-refractivity contribution is -0.136. The predicted octanol–water partition coefficient (Wildman–Crippen LogP) is 3.54. The van der Waals surface area contributed by atoms with Gasteiger partial charge >= 0.3 is 5.97 Å². The number of benzene rings is 2. The summed E-state index contributed by atoms with van der Waals surface area (Å²) < 4.78 is 20.8. The van der Waals surface area contributed by atoms with Crippen molar-refractivity contribution in [2.45, 2.75) is 6.92 Å². The Morgan fingerprint density at radius 3 is 2.48 bits per heavy atom. The van der Waals surface area contributed by atoms with Gasteiger partial charge in [0.1, 0.15) is 17.2 Å². The number of carbonyl (C=O) groups is 2. The molecule has 0 amide bonds. The van der Waals surface area contributed by atoms with Crippen molar-refractivity contribution in [3.05, 3.63) is 59.7 Å². The minimum absolute atomic E-state index is 0.316. The maximum atomic E-state index is 12.3. The molecule has 0 spiro atoms. The molecule has 0 aromatic heterocycles. The Kier molecular flexibility index (Phi) is 7.43. The summed E-state index contributed by atoms with van der Waals surface area (Å²) in [5, 5.41) is 0. The van der Waals surface area contributed by atoms with Crippen LogP contribution >= 0.6 is 0 Å². The largest absolute Gasteiger partial charge is 0.497 e. The zero-order valence-corrected chi connectivity index (χ0v) is 15.6. The molecule has 0 unspecified atom stereocenters. The number of ether oxygens (including phenoxy) is 4. The van der Waals surface area contributed by atoms with Crippen molar-refractivity contribution in [2.75, 3.05) is 27.4 Å². The third kappa shape index (κ3) is 5.60. The van der Waals surface area contributed by atoms with Gasteiger partial charge in [0.25, 0.3) is 0 Å². The van der Waals surface area contributed by atoms with Gasteiger partial charge in [-0.2, -0.15) is 0 Å². The number of carbonyl (C=O) groups excluding carboxylic acids is 2. The van der Waals surface area contributed by atoms with Gasteiger partial charge in [0.2, 0.25) is 5.78 Å². The van der Waals surface area contributed by atoms with Crippen LogP contribution in [-0.4, -0.2) is 39.2 Å². The lowest BCUT2D eigenvalue weighted by Gasteiger charge is -2.09. The molecule has 2 aromatic rings. The van der Waals surface area contributed by atoms with E-state index in [-0.39, 0.29) is 12.4 Å². The predicted molar refractivity (Wildman–Crippen MR) is 101 cm³/mol. The molecule has 0 saturated carbocycles. The first-order valence-corrected chi connectivity index (χ1v) is 8.41. The fraction of sp³-hybridized carbons (Fsp3) is 0.238. The van der Waals surface area contributed by atoms with Gasteiger partial charge in [0.15, 0.2) is 6.61 Å². The molecule has 0 N–H and O–H groups in total. The molecule has 142 valence electrons. The van der Waals surface area contributed by atoms with Gasteiger partial charge in [0.05, 0.1) is 26.4 Å². The molecule has 0 aliphatic carbocycles. The van der Waals surface area contributed by atoms with E-state index in [0.717, 1.165) is 5.56 Å². The van der Waals surface area contributed by atoms with Crippen LogP contribution in [0.25, 0.3) is 6.08 Å². The standard InChI is InChI=1S/C21H22O6/c1-4-26-19-8-6-5-7-15(19)9-12-21(23)27-14-18(22)17-11-10-16(24-2)13-20(17)25-3/h5-13H,4,14H2,1-3H3/b12-9+. The second-order valence-electron chi connectivity index (χ2n) is 5.40. The van der Waals surface area contributed by atoms with Crippen LogP contribution < -0.4 is 14.2 Å². The van der Waals surface area contributed by atoms with E-state index in [2.05, 4.69) is 0 Å². The number of hydrogen-bond donors (Lipinski definition) is 0. The molecule has 0 radical (unpaired) electrons. The molecule has 6 nitrogen and oxygen atoms in total. The number of rotatable bonds is 9. The lowest BCUT2D eigenvalue weighted by Crippen LogP contribution is -2.13. The molecule has 6 heteroatoms. The molecular weight excluding hydrogens is 348 g/mol. The summed E-state index contributed by atoms with van der Waals surface area (Å²) >= 11 is 0. The molecule has 27 heavy (non-hydrogen) atoms. The zero-order chi connectivity index (χ0) is 19.6. The van der Waals surface area contributed by atoms with Crippen LogP contribution in [0.5, 0.6) is 17.2 Å². The van der Waals surface area contributed by atoms with Crippen molar-refractivity contribution in [1.82, 2.24) is 0 Å².